The van der Waals surface area contributed by atoms with Crippen molar-refractivity contribution in [1.29, 1.82) is 5.41 Å². The number of anilines is 2. The maximum atomic E-state index is 13.6. The lowest BCUT2D eigenvalue weighted by molar-refractivity contribution is -0.139. The van der Waals surface area contributed by atoms with Crippen molar-refractivity contribution >= 4 is 47.1 Å². The highest BCUT2D eigenvalue weighted by Crippen LogP contribution is 2.46. The first-order valence-electron chi connectivity index (χ1n) is 12.8. The number of carbonyl (C=O) groups is 4. The van der Waals surface area contributed by atoms with Crippen molar-refractivity contribution in [2.24, 2.45) is 0 Å². The van der Waals surface area contributed by atoms with Crippen molar-refractivity contribution in [2.75, 3.05) is 37.4 Å². The number of allylic oxidation sites excluding steroid dienone is 1. The highest BCUT2D eigenvalue weighted by Gasteiger charge is 2.58. The third-order valence-corrected chi connectivity index (χ3v) is 7.43. The number of aryl methyl sites for hydroxylation is 2. The van der Waals surface area contributed by atoms with E-state index in [1.807, 2.05) is 18.2 Å². The zero-order valence-electron chi connectivity index (χ0n) is 21.8. The van der Waals surface area contributed by atoms with Gasteiger partial charge in [-0.3, -0.25) is 9.59 Å². The lowest BCUT2D eigenvalue weighted by Crippen LogP contribution is -2.46. The van der Waals surface area contributed by atoms with Crippen LogP contribution in [0.5, 0.6) is 0 Å². The Balaban J connectivity index is 1.35. The van der Waals surface area contributed by atoms with Crippen LogP contribution in [0.15, 0.2) is 42.6 Å². The fraction of sp³-hybridized carbons (Fsp3) is 0.321. The van der Waals surface area contributed by atoms with Gasteiger partial charge in [0.2, 0.25) is 11.5 Å². The Bertz CT molecular complexity index is 1420. The smallest absolute Gasteiger partial charge is 0.418 e. The molecule has 0 bridgehead atoms. The predicted molar refractivity (Wildman–Crippen MR) is 146 cm³/mol. The molecule has 3 aliphatic rings. The molecule has 1 fully saturated rings. The van der Waals surface area contributed by atoms with Crippen LogP contribution in [0.3, 0.4) is 0 Å². The number of rotatable bonds is 6. The van der Waals surface area contributed by atoms with E-state index in [4.69, 9.17) is 10.1 Å². The fourth-order valence-electron chi connectivity index (χ4n) is 5.54. The molecule has 1 spiro atoms. The highest BCUT2D eigenvalue weighted by molar-refractivity contribution is 6.10. The maximum Gasteiger partial charge on any atom is 0.418 e. The molecule has 5 amide bonds. The van der Waals surface area contributed by atoms with Crippen molar-refractivity contribution < 1.29 is 23.9 Å². The van der Waals surface area contributed by atoms with Gasteiger partial charge in [-0.2, -0.15) is 0 Å². The standard InChI is InChI=1S/C28H30N6O5/c1-30-15-20(14-29)17-5-8-23-19(12-17)4-3-11-33(23)24(35)16-34-25(36)28(39-27(34)38)10-9-18-13-21(6-7-22(18)28)32-26(37)31-2/h5-8,12-15,29-30H,3-4,9-11,16H2,1-2H3,(H2,31,32,37)/b20-15+,29-14?. The summed E-state index contributed by atoms with van der Waals surface area (Å²) in [4.78, 5) is 54.1. The van der Waals surface area contributed by atoms with Crippen LogP contribution >= 0.6 is 0 Å². The van der Waals surface area contributed by atoms with Crippen molar-refractivity contribution in [3.63, 3.8) is 0 Å². The molecule has 5 rings (SSSR count). The fourth-order valence-corrected chi connectivity index (χ4v) is 5.54. The van der Waals surface area contributed by atoms with Crippen LogP contribution in [-0.4, -0.2) is 62.2 Å². The molecule has 2 aromatic rings. The summed E-state index contributed by atoms with van der Waals surface area (Å²) in [5.41, 5.74) is 3.76. The van der Waals surface area contributed by atoms with E-state index in [9.17, 15) is 19.2 Å². The first-order valence-corrected chi connectivity index (χ1v) is 12.8. The van der Waals surface area contributed by atoms with Gasteiger partial charge in [0.15, 0.2) is 0 Å². The average Bonchev–Trinajstić information content (AvgIpc) is 3.42. The number of hydrogen-bond donors (Lipinski definition) is 4. The Morgan fingerprint density at radius 1 is 1.10 bits per heavy atom. The summed E-state index contributed by atoms with van der Waals surface area (Å²) in [6.07, 6.45) is 4.44. The minimum absolute atomic E-state index is 0.270. The summed E-state index contributed by atoms with van der Waals surface area (Å²) in [6, 6.07) is 10.4. The summed E-state index contributed by atoms with van der Waals surface area (Å²) in [5, 5.41) is 15.8. The Morgan fingerprint density at radius 2 is 1.92 bits per heavy atom. The summed E-state index contributed by atoms with van der Waals surface area (Å²) >= 11 is 0. The molecule has 0 radical (unpaired) electrons. The Labute approximate surface area is 225 Å². The number of hydrogen-bond acceptors (Lipinski definition) is 7. The molecule has 202 valence electrons. The first-order chi connectivity index (χ1) is 18.8. The average molecular weight is 531 g/mol. The molecule has 1 aliphatic carbocycles. The lowest BCUT2D eigenvalue weighted by atomic mass is 9.94. The number of benzene rings is 2. The molecule has 2 heterocycles. The Kier molecular flexibility index (Phi) is 6.81. The van der Waals surface area contributed by atoms with Crippen LogP contribution in [0.2, 0.25) is 0 Å². The monoisotopic (exact) mass is 530 g/mol. The quantitative estimate of drug-likeness (QED) is 0.423. The van der Waals surface area contributed by atoms with Gasteiger partial charge in [-0.15, -0.1) is 0 Å². The second-order valence-electron chi connectivity index (χ2n) is 9.69. The van der Waals surface area contributed by atoms with Crippen molar-refractivity contribution in [3.05, 3.63) is 64.9 Å². The summed E-state index contributed by atoms with van der Waals surface area (Å²) in [7, 11) is 3.28. The maximum absolute atomic E-state index is 13.6. The minimum atomic E-state index is -1.46. The molecular formula is C28H30N6O5. The normalized spacial score (nSPS) is 19.9. The zero-order valence-corrected chi connectivity index (χ0v) is 21.8. The van der Waals surface area contributed by atoms with E-state index >= 15 is 0 Å². The number of carbonyl (C=O) groups excluding carboxylic acids is 4. The summed E-state index contributed by atoms with van der Waals surface area (Å²) < 4.78 is 5.67. The molecule has 0 aromatic heterocycles. The van der Waals surface area contributed by atoms with E-state index in [1.165, 1.54) is 13.3 Å². The van der Waals surface area contributed by atoms with Gasteiger partial charge in [0.1, 0.15) is 6.54 Å². The van der Waals surface area contributed by atoms with Crippen LogP contribution in [0.25, 0.3) is 5.57 Å². The SMILES string of the molecule is CN/C=C(\C=N)c1ccc2c(c1)CCCN2C(=O)CN1C(=O)OC2(CCc3cc(NC(=O)NC)ccc32)C1=O. The molecule has 0 saturated carbocycles. The Hall–Kier alpha value is -4.67. The van der Waals surface area contributed by atoms with Crippen LogP contribution in [0.4, 0.5) is 21.0 Å². The summed E-state index contributed by atoms with van der Waals surface area (Å²) in [6.45, 7) is 0.0544. The van der Waals surface area contributed by atoms with E-state index in [-0.39, 0.29) is 18.4 Å². The number of urea groups is 1. The number of amides is 5. The third-order valence-electron chi connectivity index (χ3n) is 7.43. The van der Waals surface area contributed by atoms with Gasteiger partial charge in [0, 0.05) is 62.0 Å². The molecule has 11 nitrogen and oxygen atoms in total. The molecule has 4 N–H and O–H groups in total. The van der Waals surface area contributed by atoms with Crippen molar-refractivity contribution in [3.8, 4) is 0 Å². The van der Waals surface area contributed by atoms with Gasteiger partial charge in [-0.05, 0) is 60.2 Å². The third kappa shape index (κ3) is 4.49. The van der Waals surface area contributed by atoms with E-state index < -0.39 is 24.1 Å². The minimum Gasteiger partial charge on any atom is -0.427 e. The van der Waals surface area contributed by atoms with Crippen LogP contribution < -0.4 is 20.9 Å². The van der Waals surface area contributed by atoms with Gasteiger partial charge >= 0.3 is 12.1 Å². The predicted octanol–water partition coefficient (Wildman–Crippen LogP) is 2.75. The van der Waals surface area contributed by atoms with Crippen LogP contribution in [-0.2, 0) is 32.8 Å². The van der Waals surface area contributed by atoms with E-state index in [0.29, 0.717) is 29.8 Å². The number of imide groups is 1. The Morgan fingerprint density at radius 3 is 2.67 bits per heavy atom. The van der Waals surface area contributed by atoms with Crippen molar-refractivity contribution in [2.45, 2.75) is 31.3 Å². The van der Waals surface area contributed by atoms with Gasteiger partial charge in [0.25, 0.3) is 5.91 Å². The molecular weight excluding hydrogens is 500 g/mol. The zero-order chi connectivity index (χ0) is 27.7. The molecule has 11 heteroatoms. The number of nitrogens with one attached hydrogen (secondary N) is 4. The topological polar surface area (TPSA) is 144 Å². The van der Waals surface area contributed by atoms with Gasteiger partial charge in [-0.1, -0.05) is 12.1 Å². The molecule has 1 unspecified atom stereocenters. The lowest BCUT2D eigenvalue weighted by Gasteiger charge is -2.31. The van der Waals surface area contributed by atoms with Crippen molar-refractivity contribution in [1.82, 2.24) is 15.5 Å². The second-order valence-corrected chi connectivity index (χ2v) is 9.69. The second kappa shape index (κ2) is 10.2. The van der Waals surface area contributed by atoms with E-state index in [2.05, 4.69) is 16.0 Å². The number of ether oxygens (including phenoxy) is 1. The molecule has 39 heavy (non-hydrogen) atoms. The first kappa shape index (κ1) is 26.0. The summed E-state index contributed by atoms with van der Waals surface area (Å²) in [5.74, 6) is -0.917. The van der Waals surface area contributed by atoms with Gasteiger partial charge in [0.05, 0.1) is 0 Å². The van der Waals surface area contributed by atoms with Gasteiger partial charge < -0.3 is 31.0 Å². The van der Waals surface area contributed by atoms with Crippen LogP contribution in [0.1, 0.15) is 35.1 Å². The van der Waals surface area contributed by atoms with Gasteiger partial charge in [-0.25, -0.2) is 14.5 Å². The molecule has 1 atom stereocenters. The van der Waals surface area contributed by atoms with E-state index in [1.54, 1.807) is 36.3 Å². The molecule has 2 aromatic carbocycles. The number of nitrogens with zero attached hydrogens (tertiary/aromatic N) is 2. The van der Waals surface area contributed by atoms with E-state index in [0.717, 1.165) is 40.1 Å². The molecule has 1 saturated heterocycles. The van der Waals surface area contributed by atoms with Crippen LogP contribution in [0, 0.1) is 5.41 Å². The highest BCUT2D eigenvalue weighted by atomic mass is 16.6. The largest absolute Gasteiger partial charge is 0.427 e. The number of fused-ring (bicyclic) bond motifs is 3. The molecule has 2 aliphatic heterocycles.